The zero-order chi connectivity index (χ0) is 21.7. The molecule has 0 spiro atoms. The van der Waals surface area contributed by atoms with Gasteiger partial charge in [0.25, 0.3) is 0 Å². The van der Waals surface area contributed by atoms with Gasteiger partial charge in [-0.25, -0.2) is 4.79 Å². The molecule has 2 aromatic carbocycles. The summed E-state index contributed by atoms with van der Waals surface area (Å²) >= 11 is 13.4. The first-order valence-corrected chi connectivity index (χ1v) is 10.7. The van der Waals surface area contributed by atoms with Gasteiger partial charge in [-0.3, -0.25) is 4.79 Å². The number of aromatic nitrogens is 3. The van der Waals surface area contributed by atoms with Gasteiger partial charge in [0.15, 0.2) is 11.0 Å². The summed E-state index contributed by atoms with van der Waals surface area (Å²) in [5, 5.41) is 12.7. The molecule has 0 aliphatic carbocycles. The van der Waals surface area contributed by atoms with Crippen LogP contribution in [0.2, 0.25) is 10.0 Å². The molecule has 0 saturated heterocycles. The smallest absolute Gasteiger partial charge is 0.338 e. The van der Waals surface area contributed by atoms with Gasteiger partial charge in [-0.15, -0.1) is 10.2 Å². The van der Waals surface area contributed by atoms with Crippen molar-refractivity contribution in [2.75, 3.05) is 17.7 Å². The van der Waals surface area contributed by atoms with E-state index in [0.29, 0.717) is 44.4 Å². The van der Waals surface area contributed by atoms with Crippen LogP contribution >= 0.6 is 35.0 Å². The van der Waals surface area contributed by atoms with E-state index >= 15 is 0 Å². The van der Waals surface area contributed by atoms with Gasteiger partial charge in [0.2, 0.25) is 5.91 Å². The molecule has 1 amide bonds. The predicted octanol–water partition coefficient (Wildman–Crippen LogP) is 4.70. The number of benzene rings is 2. The lowest BCUT2D eigenvalue weighted by atomic mass is 10.2. The highest BCUT2D eigenvalue weighted by Crippen LogP contribution is 2.30. The zero-order valence-electron chi connectivity index (χ0n) is 16.2. The maximum absolute atomic E-state index is 12.3. The highest BCUT2D eigenvalue weighted by Gasteiger charge is 2.15. The van der Waals surface area contributed by atoms with Crippen molar-refractivity contribution in [3.05, 3.63) is 58.1 Å². The molecule has 156 valence electrons. The van der Waals surface area contributed by atoms with Gasteiger partial charge in [0, 0.05) is 23.3 Å². The Morgan fingerprint density at radius 3 is 2.53 bits per heavy atom. The molecule has 10 heteroatoms. The van der Waals surface area contributed by atoms with E-state index in [-0.39, 0.29) is 11.7 Å². The minimum atomic E-state index is -0.398. The molecular weight excluding hydrogens is 447 g/mol. The fraction of sp³-hybridized carbons (Fsp3) is 0.200. The van der Waals surface area contributed by atoms with Gasteiger partial charge in [0.05, 0.1) is 22.9 Å². The van der Waals surface area contributed by atoms with Crippen molar-refractivity contribution in [3.63, 3.8) is 0 Å². The van der Waals surface area contributed by atoms with Crippen molar-refractivity contribution < 1.29 is 14.3 Å². The van der Waals surface area contributed by atoms with Crippen LogP contribution in [-0.4, -0.2) is 39.0 Å². The van der Waals surface area contributed by atoms with Crippen LogP contribution in [0.25, 0.3) is 11.4 Å². The lowest BCUT2D eigenvalue weighted by molar-refractivity contribution is -0.113. The van der Waals surface area contributed by atoms with Crippen LogP contribution in [-0.2, 0) is 16.6 Å². The van der Waals surface area contributed by atoms with E-state index in [9.17, 15) is 9.59 Å². The molecule has 1 aromatic heterocycles. The van der Waals surface area contributed by atoms with E-state index in [2.05, 4.69) is 15.5 Å². The molecule has 7 nitrogen and oxygen atoms in total. The topological polar surface area (TPSA) is 86.1 Å². The van der Waals surface area contributed by atoms with Crippen LogP contribution in [0.5, 0.6) is 0 Å². The first-order chi connectivity index (χ1) is 14.4. The quantitative estimate of drug-likeness (QED) is 0.402. The number of carbonyl (C=O) groups is 2. The Morgan fingerprint density at radius 2 is 1.87 bits per heavy atom. The Labute approximate surface area is 187 Å². The number of rotatable bonds is 7. The van der Waals surface area contributed by atoms with Gasteiger partial charge in [-0.2, -0.15) is 0 Å². The number of amides is 1. The van der Waals surface area contributed by atoms with Crippen LogP contribution in [0.15, 0.2) is 47.6 Å². The highest BCUT2D eigenvalue weighted by atomic mass is 35.5. The van der Waals surface area contributed by atoms with Gasteiger partial charge >= 0.3 is 5.97 Å². The molecule has 0 fully saturated rings. The van der Waals surface area contributed by atoms with Gasteiger partial charge in [-0.1, -0.05) is 35.0 Å². The van der Waals surface area contributed by atoms with Gasteiger partial charge in [0.1, 0.15) is 0 Å². The molecule has 0 radical (unpaired) electrons. The zero-order valence-corrected chi connectivity index (χ0v) is 18.5. The van der Waals surface area contributed by atoms with Crippen molar-refractivity contribution in [2.45, 2.75) is 12.1 Å². The van der Waals surface area contributed by atoms with Crippen molar-refractivity contribution in [3.8, 4) is 11.4 Å². The van der Waals surface area contributed by atoms with Crippen molar-refractivity contribution >= 4 is 52.5 Å². The average molecular weight is 465 g/mol. The van der Waals surface area contributed by atoms with E-state index in [1.807, 2.05) is 0 Å². The number of thioether (sulfide) groups is 1. The van der Waals surface area contributed by atoms with Crippen LogP contribution in [0.1, 0.15) is 17.3 Å². The summed E-state index contributed by atoms with van der Waals surface area (Å²) in [5.41, 5.74) is 1.71. The second-order valence-corrected chi connectivity index (χ2v) is 7.91. The minimum Gasteiger partial charge on any atom is -0.462 e. The van der Waals surface area contributed by atoms with Crippen molar-refractivity contribution in [1.82, 2.24) is 14.8 Å². The molecule has 1 heterocycles. The Morgan fingerprint density at radius 1 is 1.13 bits per heavy atom. The number of nitrogens with zero attached hydrogens (tertiary/aromatic N) is 3. The fourth-order valence-corrected chi connectivity index (χ4v) is 3.78. The maximum Gasteiger partial charge on any atom is 0.338 e. The maximum atomic E-state index is 12.3. The van der Waals surface area contributed by atoms with Crippen LogP contribution in [0.3, 0.4) is 0 Å². The number of nitrogens with one attached hydrogen (secondary N) is 1. The summed E-state index contributed by atoms with van der Waals surface area (Å²) in [6.45, 7) is 2.05. The van der Waals surface area contributed by atoms with Crippen LogP contribution in [0, 0.1) is 0 Å². The molecule has 0 bridgehead atoms. The number of hydrogen-bond acceptors (Lipinski definition) is 6. The number of carbonyl (C=O) groups excluding carboxylic acids is 2. The standard InChI is InChI=1S/C20H18Cl2N4O3S/c1-3-29-19(28)12-4-7-14(8-5-12)23-17(27)11-30-20-25-24-18(26(20)2)15-9-6-13(21)10-16(15)22/h4-10H,3,11H2,1-2H3,(H,23,27). The summed E-state index contributed by atoms with van der Waals surface area (Å²) in [4.78, 5) is 23.9. The molecule has 0 atom stereocenters. The summed E-state index contributed by atoms with van der Waals surface area (Å²) in [6.07, 6.45) is 0. The number of hydrogen-bond donors (Lipinski definition) is 1. The summed E-state index contributed by atoms with van der Waals surface area (Å²) in [5.74, 6) is 0.108. The molecule has 0 aliphatic rings. The molecule has 3 rings (SSSR count). The largest absolute Gasteiger partial charge is 0.462 e. The first kappa shape index (κ1) is 22.1. The van der Waals surface area contributed by atoms with Crippen molar-refractivity contribution in [1.29, 1.82) is 0 Å². The Hall–Kier alpha value is -2.55. The third-order valence-corrected chi connectivity index (χ3v) is 5.59. The molecular formula is C20H18Cl2N4O3S. The molecule has 30 heavy (non-hydrogen) atoms. The summed E-state index contributed by atoms with van der Waals surface area (Å²) < 4.78 is 6.70. The molecule has 3 aromatic rings. The highest BCUT2D eigenvalue weighted by molar-refractivity contribution is 7.99. The third kappa shape index (κ3) is 5.33. The molecule has 0 saturated carbocycles. The number of ether oxygens (including phenoxy) is 1. The average Bonchev–Trinajstić information content (AvgIpc) is 3.07. The van der Waals surface area contributed by atoms with E-state index in [0.717, 1.165) is 0 Å². The molecule has 0 unspecified atom stereocenters. The molecule has 0 aliphatic heterocycles. The summed E-state index contributed by atoms with van der Waals surface area (Å²) in [7, 11) is 1.80. The SMILES string of the molecule is CCOC(=O)c1ccc(NC(=O)CSc2nnc(-c3ccc(Cl)cc3Cl)n2C)cc1. The number of halogens is 2. The first-order valence-electron chi connectivity index (χ1n) is 8.93. The normalized spacial score (nSPS) is 10.7. The minimum absolute atomic E-state index is 0.139. The van der Waals surface area contributed by atoms with Crippen LogP contribution < -0.4 is 5.32 Å². The lowest BCUT2D eigenvalue weighted by Crippen LogP contribution is -2.14. The lowest BCUT2D eigenvalue weighted by Gasteiger charge is -2.07. The second-order valence-electron chi connectivity index (χ2n) is 6.12. The monoisotopic (exact) mass is 464 g/mol. The van der Waals surface area contributed by atoms with Crippen molar-refractivity contribution in [2.24, 2.45) is 7.05 Å². The number of anilines is 1. The molecule has 1 N–H and O–H groups in total. The van der Waals surface area contributed by atoms with E-state index < -0.39 is 5.97 Å². The Bertz CT molecular complexity index is 1070. The van der Waals surface area contributed by atoms with Gasteiger partial charge < -0.3 is 14.6 Å². The van der Waals surface area contributed by atoms with E-state index in [4.69, 9.17) is 27.9 Å². The second kappa shape index (κ2) is 9.97. The van der Waals surface area contributed by atoms with E-state index in [1.54, 1.807) is 61.0 Å². The van der Waals surface area contributed by atoms with Gasteiger partial charge in [-0.05, 0) is 49.4 Å². The Kier molecular flexibility index (Phi) is 7.36. The Balaban J connectivity index is 1.60. The third-order valence-electron chi connectivity index (χ3n) is 4.02. The van der Waals surface area contributed by atoms with Crippen LogP contribution in [0.4, 0.5) is 5.69 Å². The van der Waals surface area contributed by atoms with E-state index in [1.165, 1.54) is 11.8 Å². The fourth-order valence-electron chi connectivity index (χ4n) is 2.58. The summed E-state index contributed by atoms with van der Waals surface area (Å²) in [6, 6.07) is 11.6. The predicted molar refractivity (Wildman–Crippen MR) is 118 cm³/mol. The number of esters is 1.